The van der Waals surface area contributed by atoms with Gasteiger partial charge in [-0.3, -0.25) is 10.1 Å². The van der Waals surface area contributed by atoms with Gasteiger partial charge < -0.3 is 0 Å². The molecule has 3 aromatic rings. The van der Waals surface area contributed by atoms with Gasteiger partial charge in [0, 0.05) is 10.5 Å². The van der Waals surface area contributed by atoms with Crippen molar-refractivity contribution in [3.8, 4) is 0 Å². The molecule has 0 atom stereocenters. The van der Waals surface area contributed by atoms with E-state index >= 15 is 0 Å². The fourth-order valence-electron chi connectivity index (χ4n) is 2.34. The second kappa shape index (κ2) is 6.10. The van der Waals surface area contributed by atoms with Crippen LogP contribution in [0.25, 0.3) is 10.2 Å². The molecule has 1 amide bonds. The predicted molar refractivity (Wildman–Crippen MR) is 95.3 cm³/mol. The monoisotopic (exact) mass is 328 g/mol. The normalized spacial score (nSPS) is 10.9. The number of nitrogens with one attached hydrogen (secondary N) is 1. The van der Waals surface area contributed by atoms with Crippen molar-refractivity contribution in [3.63, 3.8) is 0 Å². The number of benzene rings is 2. The highest BCUT2D eigenvalue weighted by Gasteiger charge is 2.11. The zero-order valence-corrected chi connectivity index (χ0v) is 14.3. The van der Waals surface area contributed by atoms with Crippen molar-refractivity contribution < 1.29 is 4.79 Å². The van der Waals surface area contributed by atoms with Gasteiger partial charge in [-0.25, -0.2) is 4.98 Å². The molecule has 0 bridgehead atoms. The largest absolute Gasteiger partial charge is 0.298 e. The summed E-state index contributed by atoms with van der Waals surface area (Å²) in [6.45, 7) is 4.11. The van der Waals surface area contributed by atoms with Crippen LogP contribution in [0.4, 0.5) is 5.13 Å². The summed E-state index contributed by atoms with van der Waals surface area (Å²) >= 11 is 3.17. The Hall–Kier alpha value is -1.85. The topological polar surface area (TPSA) is 42.0 Å². The third-order valence-corrected chi connectivity index (χ3v) is 5.06. The SMILES string of the molecule is CSc1ccc(C(=O)Nc2nc3c(C)cc(C)cc3s2)cc1. The van der Waals surface area contributed by atoms with Gasteiger partial charge in [0.05, 0.1) is 10.2 Å². The molecule has 0 saturated carbocycles. The number of carbonyl (C=O) groups is 1. The summed E-state index contributed by atoms with van der Waals surface area (Å²) in [6, 6.07) is 11.8. The Bertz CT molecular complexity index is 838. The van der Waals surface area contributed by atoms with Crippen molar-refractivity contribution in [2.45, 2.75) is 18.7 Å². The second-order valence-electron chi connectivity index (χ2n) is 5.13. The van der Waals surface area contributed by atoms with E-state index in [1.54, 1.807) is 11.8 Å². The van der Waals surface area contributed by atoms with Gasteiger partial charge in [0.2, 0.25) is 0 Å². The zero-order valence-electron chi connectivity index (χ0n) is 12.6. The van der Waals surface area contributed by atoms with E-state index < -0.39 is 0 Å². The standard InChI is InChI=1S/C17H16N2OS2/c1-10-8-11(2)15-14(9-10)22-17(18-15)19-16(20)12-4-6-13(21-3)7-5-12/h4-9H,1-3H3,(H,18,19,20). The molecule has 1 heterocycles. The van der Waals surface area contributed by atoms with E-state index in [9.17, 15) is 4.79 Å². The summed E-state index contributed by atoms with van der Waals surface area (Å²) in [5.41, 5.74) is 3.95. The number of carbonyl (C=O) groups excluding carboxylic acids is 1. The second-order valence-corrected chi connectivity index (χ2v) is 7.04. The molecule has 1 N–H and O–H groups in total. The van der Waals surface area contributed by atoms with Crippen molar-refractivity contribution in [1.82, 2.24) is 4.98 Å². The fraction of sp³-hybridized carbons (Fsp3) is 0.176. The Labute approximate surface area is 137 Å². The van der Waals surface area contributed by atoms with Crippen LogP contribution >= 0.6 is 23.1 Å². The van der Waals surface area contributed by atoms with Crippen LogP contribution in [-0.2, 0) is 0 Å². The molecule has 1 aromatic heterocycles. The molecule has 0 aliphatic rings. The van der Waals surface area contributed by atoms with E-state index in [1.807, 2.05) is 37.4 Å². The highest BCUT2D eigenvalue weighted by Crippen LogP contribution is 2.29. The first kappa shape index (κ1) is 15.1. The van der Waals surface area contributed by atoms with Gasteiger partial charge in [-0.05, 0) is 61.6 Å². The van der Waals surface area contributed by atoms with Crippen LogP contribution in [0.2, 0.25) is 0 Å². The van der Waals surface area contributed by atoms with Crippen LogP contribution in [0.3, 0.4) is 0 Å². The lowest BCUT2D eigenvalue weighted by Gasteiger charge is -2.02. The van der Waals surface area contributed by atoms with E-state index in [0.29, 0.717) is 10.7 Å². The Balaban J connectivity index is 1.85. The van der Waals surface area contributed by atoms with Gasteiger partial charge in [0.1, 0.15) is 0 Å². The summed E-state index contributed by atoms with van der Waals surface area (Å²) in [4.78, 5) is 18.0. The summed E-state index contributed by atoms with van der Waals surface area (Å²) in [5, 5.41) is 3.53. The van der Waals surface area contributed by atoms with Crippen LogP contribution in [0.5, 0.6) is 0 Å². The molecule has 0 aliphatic carbocycles. The minimum Gasteiger partial charge on any atom is -0.298 e. The number of aryl methyl sites for hydroxylation is 2. The number of thiazole rings is 1. The maximum atomic E-state index is 12.3. The van der Waals surface area contributed by atoms with Crippen molar-refractivity contribution >= 4 is 44.4 Å². The van der Waals surface area contributed by atoms with E-state index in [2.05, 4.69) is 29.4 Å². The van der Waals surface area contributed by atoms with Gasteiger partial charge in [-0.15, -0.1) is 11.8 Å². The fourth-order valence-corrected chi connectivity index (χ4v) is 3.78. The third-order valence-electron chi connectivity index (χ3n) is 3.40. The van der Waals surface area contributed by atoms with E-state index in [-0.39, 0.29) is 5.91 Å². The smallest absolute Gasteiger partial charge is 0.257 e. The molecule has 0 spiro atoms. The van der Waals surface area contributed by atoms with E-state index in [1.165, 1.54) is 16.9 Å². The maximum absolute atomic E-state index is 12.3. The maximum Gasteiger partial charge on any atom is 0.257 e. The molecule has 3 rings (SSSR count). The number of rotatable bonds is 3. The number of anilines is 1. The average molecular weight is 328 g/mol. The number of hydrogen-bond donors (Lipinski definition) is 1. The number of thioether (sulfide) groups is 1. The van der Waals surface area contributed by atoms with Crippen molar-refractivity contribution in [3.05, 3.63) is 53.1 Å². The van der Waals surface area contributed by atoms with E-state index in [0.717, 1.165) is 20.7 Å². The summed E-state index contributed by atoms with van der Waals surface area (Å²) < 4.78 is 1.10. The number of nitrogens with zero attached hydrogens (tertiary/aromatic N) is 1. The molecular weight excluding hydrogens is 312 g/mol. The Morgan fingerprint density at radius 1 is 1.18 bits per heavy atom. The summed E-state index contributed by atoms with van der Waals surface area (Å²) in [7, 11) is 0. The molecular formula is C17H16N2OS2. The quantitative estimate of drug-likeness (QED) is 0.696. The first-order valence-electron chi connectivity index (χ1n) is 6.90. The summed E-state index contributed by atoms with van der Waals surface area (Å²) in [5.74, 6) is -0.124. The lowest BCUT2D eigenvalue weighted by Crippen LogP contribution is -2.11. The van der Waals surface area contributed by atoms with Gasteiger partial charge in [0.15, 0.2) is 5.13 Å². The number of aromatic nitrogens is 1. The van der Waals surface area contributed by atoms with Gasteiger partial charge in [-0.1, -0.05) is 17.4 Å². The molecule has 0 radical (unpaired) electrons. The van der Waals surface area contributed by atoms with Gasteiger partial charge in [0.25, 0.3) is 5.91 Å². The van der Waals surface area contributed by atoms with Gasteiger partial charge >= 0.3 is 0 Å². The third kappa shape index (κ3) is 3.00. The van der Waals surface area contributed by atoms with Crippen LogP contribution < -0.4 is 5.32 Å². The van der Waals surface area contributed by atoms with E-state index in [4.69, 9.17) is 0 Å². The number of hydrogen-bond acceptors (Lipinski definition) is 4. The lowest BCUT2D eigenvalue weighted by molar-refractivity contribution is 0.102. The molecule has 0 fully saturated rings. The predicted octanol–water partition coefficient (Wildman–Crippen LogP) is 4.89. The highest BCUT2D eigenvalue weighted by molar-refractivity contribution is 7.98. The molecule has 112 valence electrons. The zero-order chi connectivity index (χ0) is 15.7. The van der Waals surface area contributed by atoms with Crippen LogP contribution in [0.1, 0.15) is 21.5 Å². The Morgan fingerprint density at radius 3 is 2.59 bits per heavy atom. The minimum atomic E-state index is -0.124. The van der Waals surface area contributed by atoms with Gasteiger partial charge in [-0.2, -0.15) is 0 Å². The lowest BCUT2D eigenvalue weighted by atomic mass is 10.1. The minimum absolute atomic E-state index is 0.124. The molecule has 0 unspecified atom stereocenters. The number of fused-ring (bicyclic) bond motifs is 1. The number of amides is 1. The first-order chi connectivity index (χ1) is 10.6. The first-order valence-corrected chi connectivity index (χ1v) is 8.94. The van der Waals surface area contributed by atoms with Crippen LogP contribution in [-0.4, -0.2) is 17.1 Å². The molecule has 5 heteroatoms. The van der Waals surface area contributed by atoms with Crippen LogP contribution in [0, 0.1) is 13.8 Å². The molecule has 3 nitrogen and oxygen atoms in total. The molecule has 0 saturated heterocycles. The Kier molecular flexibility index (Phi) is 4.18. The molecule has 2 aromatic carbocycles. The molecule has 0 aliphatic heterocycles. The van der Waals surface area contributed by atoms with Crippen molar-refractivity contribution in [1.29, 1.82) is 0 Å². The average Bonchev–Trinajstić information content (AvgIpc) is 2.90. The van der Waals surface area contributed by atoms with Crippen molar-refractivity contribution in [2.24, 2.45) is 0 Å². The summed E-state index contributed by atoms with van der Waals surface area (Å²) in [6.07, 6.45) is 2.01. The Morgan fingerprint density at radius 2 is 1.91 bits per heavy atom. The van der Waals surface area contributed by atoms with Crippen molar-refractivity contribution in [2.75, 3.05) is 11.6 Å². The molecule has 22 heavy (non-hydrogen) atoms. The highest BCUT2D eigenvalue weighted by atomic mass is 32.2. The van der Waals surface area contributed by atoms with Crippen LogP contribution in [0.15, 0.2) is 41.3 Å².